The molecule has 1 aliphatic rings. The fourth-order valence-electron chi connectivity index (χ4n) is 0.447. The molecule has 1 heterocycles. The van der Waals surface area contributed by atoms with E-state index in [-0.39, 0.29) is 9.33 Å². The molecule has 0 aromatic carbocycles. The second-order valence-electron chi connectivity index (χ2n) is 1.46. The molecule has 0 aliphatic carbocycles. The number of halogens is 1. The van der Waals surface area contributed by atoms with E-state index in [0.29, 0.717) is 0 Å². The molecule has 0 saturated carbocycles. The number of hydrogen-bond acceptors (Lipinski definition) is 0. The van der Waals surface area contributed by atoms with Crippen LogP contribution in [-0.4, -0.2) is 0 Å². The smallest absolute Gasteiger partial charge is 0.0253 e. The van der Waals surface area contributed by atoms with Crippen LogP contribution in [0.4, 0.5) is 0 Å². The summed E-state index contributed by atoms with van der Waals surface area (Å²) in [4.78, 5) is 1.45. The molecule has 0 N–H and O–H groups in total. The van der Waals surface area contributed by atoms with Crippen molar-refractivity contribution in [1.29, 1.82) is 0 Å². The van der Waals surface area contributed by atoms with Gasteiger partial charge in [-0.15, -0.1) is 0 Å². The third-order valence-electron chi connectivity index (χ3n) is 0.891. The highest BCUT2D eigenvalue weighted by Gasteiger charge is 1.98. The predicted molar refractivity (Wildman–Crippen MR) is 40.8 cm³/mol. The molecule has 1 rings (SSSR count). The first-order valence-corrected chi connectivity index (χ1v) is 5.54. The molecule has 0 spiro atoms. The van der Waals surface area contributed by atoms with Crippen LogP contribution in [0.3, 0.4) is 0 Å². The summed E-state index contributed by atoms with van der Waals surface area (Å²) in [5, 5.41) is 2.19. The van der Waals surface area contributed by atoms with Crippen LogP contribution in [0, 0.1) is 0 Å². The zero-order chi connectivity index (χ0) is 5.28. The van der Waals surface area contributed by atoms with E-state index in [1.807, 2.05) is 0 Å². The summed E-state index contributed by atoms with van der Waals surface area (Å²) in [7, 11) is -0.0332. The van der Waals surface area contributed by atoms with E-state index in [1.54, 1.807) is 0 Å². The molecule has 2 heteroatoms. The first-order valence-electron chi connectivity index (χ1n) is 2.11. The van der Waals surface area contributed by atoms with Gasteiger partial charge in [0.15, 0.2) is 0 Å². The van der Waals surface area contributed by atoms with Crippen LogP contribution >= 0.6 is 24.1 Å². The van der Waals surface area contributed by atoms with Crippen molar-refractivity contribution in [3.8, 4) is 0 Å². The monoisotopic (exact) mass is 178 g/mol. The van der Waals surface area contributed by atoms with E-state index in [2.05, 4.69) is 39.3 Å². The highest BCUT2D eigenvalue weighted by atomic mass is 79.9. The van der Waals surface area contributed by atoms with Gasteiger partial charge < -0.3 is 0 Å². The molecular formula is C5H7BrS. The molecule has 0 amide bonds. The van der Waals surface area contributed by atoms with Crippen LogP contribution in [0.25, 0.3) is 0 Å². The van der Waals surface area contributed by atoms with E-state index < -0.39 is 0 Å². The van der Waals surface area contributed by atoms with Crippen molar-refractivity contribution in [2.45, 2.75) is 6.92 Å². The van der Waals surface area contributed by atoms with E-state index >= 15 is 0 Å². The van der Waals surface area contributed by atoms with Crippen molar-refractivity contribution < 1.29 is 0 Å². The number of thiol groups is 1. The summed E-state index contributed by atoms with van der Waals surface area (Å²) in [6.45, 7) is 2.14. The Kier molecular flexibility index (Phi) is 1.60. The van der Waals surface area contributed by atoms with Gasteiger partial charge in [-0.25, -0.2) is 0 Å². The highest BCUT2D eigenvalue weighted by molar-refractivity contribution is 9.55. The average Bonchev–Trinajstić information content (AvgIpc) is 1.91. The minimum atomic E-state index is -0.0332. The summed E-state index contributed by atoms with van der Waals surface area (Å²) >= 11 is 3.51. The zero-order valence-corrected chi connectivity index (χ0v) is 6.54. The Labute approximate surface area is 53.8 Å². The van der Waals surface area contributed by atoms with Crippen molar-refractivity contribution in [1.82, 2.24) is 0 Å². The second-order valence-corrected chi connectivity index (χ2v) is 5.38. The Morgan fingerprint density at radius 3 is 2.57 bits per heavy atom. The molecule has 1 aliphatic heterocycles. The lowest BCUT2D eigenvalue weighted by molar-refractivity contribution is 1.70. The van der Waals surface area contributed by atoms with Gasteiger partial charge in [-0.05, 0) is 32.0 Å². The van der Waals surface area contributed by atoms with Crippen LogP contribution in [-0.2, 0) is 0 Å². The molecule has 0 aromatic rings. The van der Waals surface area contributed by atoms with Gasteiger partial charge >= 0.3 is 0 Å². The van der Waals surface area contributed by atoms with Crippen LogP contribution in [0.15, 0.2) is 22.5 Å². The summed E-state index contributed by atoms with van der Waals surface area (Å²) in [6.07, 6.45) is 4.23. The Morgan fingerprint density at radius 2 is 2.43 bits per heavy atom. The molecule has 1 atom stereocenters. The fraction of sp³-hybridized carbons (Fsp3) is 0.200. The van der Waals surface area contributed by atoms with Gasteiger partial charge in [0.05, 0.1) is 0 Å². The minimum absolute atomic E-state index is 0.0332. The van der Waals surface area contributed by atoms with Crippen molar-refractivity contribution >= 4 is 24.1 Å². The van der Waals surface area contributed by atoms with Gasteiger partial charge in [0, 0.05) is 0 Å². The fourth-order valence-corrected chi connectivity index (χ4v) is 1.91. The van der Waals surface area contributed by atoms with Crippen LogP contribution in [0.1, 0.15) is 6.92 Å². The molecule has 7 heavy (non-hydrogen) atoms. The third kappa shape index (κ3) is 1.10. The first-order chi connectivity index (χ1) is 3.30. The van der Waals surface area contributed by atoms with E-state index in [1.165, 1.54) is 4.91 Å². The molecule has 0 radical (unpaired) electrons. The SMILES string of the molecule is CC1=CC=C[SH]1Br. The summed E-state index contributed by atoms with van der Waals surface area (Å²) < 4.78 is 0. The highest BCUT2D eigenvalue weighted by Crippen LogP contribution is 2.46. The molecule has 0 fully saturated rings. The van der Waals surface area contributed by atoms with Crippen molar-refractivity contribution in [2.24, 2.45) is 0 Å². The Hall–Kier alpha value is 0.310. The lowest BCUT2D eigenvalue weighted by atomic mass is 10.5. The Morgan fingerprint density at radius 1 is 1.71 bits per heavy atom. The topological polar surface area (TPSA) is 0 Å². The molecule has 1 unspecified atom stereocenters. The van der Waals surface area contributed by atoms with Gasteiger partial charge in [0.2, 0.25) is 0 Å². The van der Waals surface area contributed by atoms with Crippen molar-refractivity contribution in [3.63, 3.8) is 0 Å². The maximum atomic E-state index is 3.51. The number of allylic oxidation sites excluding steroid dienone is 3. The number of rotatable bonds is 0. The van der Waals surface area contributed by atoms with Crippen LogP contribution < -0.4 is 0 Å². The lowest BCUT2D eigenvalue weighted by Crippen LogP contribution is -1.56. The van der Waals surface area contributed by atoms with Crippen LogP contribution in [0.2, 0.25) is 0 Å². The van der Waals surface area contributed by atoms with Crippen LogP contribution in [0.5, 0.6) is 0 Å². The maximum Gasteiger partial charge on any atom is -0.0253 e. The van der Waals surface area contributed by atoms with Gasteiger partial charge in [-0.1, -0.05) is 12.2 Å². The van der Waals surface area contributed by atoms with E-state index in [9.17, 15) is 0 Å². The molecule has 40 valence electrons. The molecule has 0 bridgehead atoms. The molecule has 0 nitrogen and oxygen atoms in total. The third-order valence-corrected chi connectivity index (χ3v) is 4.54. The minimum Gasteiger partial charge on any atom is -0.152 e. The molecule has 0 aromatic heterocycles. The standard InChI is InChI=1S/C5H7BrS/c1-5-3-2-4-7(5)6/h2-4,7H,1H3. The Bertz CT molecular complexity index is 126. The largest absolute Gasteiger partial charge is 0.152 e. The van der Waals surface area contributed by atoms with Crippen molar-refractivity contribution in [2.75, 3.05) is 0 Å². The van der Waals surface area contributed by atoms with E-state index in [0.717, 1.165) is 0 Å². The Balaban J connectivity index is 2.69. The second kappa shape index (κ2) is 2.05. The zero-order valence-electron chi connectivity index (χ0n) is 4.06. The van der Waals surface area contributed by atoms with Crippen molar-refractivity contribution in [3.05, 3.63) is 22.5 Å². The summed E-state index contributed by atoms with van der Waals surface area (Å²) in [5.74, 6) is 0. The molecule has 0 saturated heterocycles. The summed E-state index contributed by atoms with van der Waals surface area (Å²) in [6, 6.07) is 0. The van der Waals surface area contributed by atoms with Gasteiger partial charge in [-0.3, -0.25) is 0 Å². The lowest BCUT2D eigenvalue weighted by Gasteiger charge is -2.00. The molecular weight excluding hydrogens is 172 g/mol. The van der Waals surface area contributed by atoms with E-state index in [4.69, 9.17) is 0 Å². The normalized spacial score (nSPS) is 33.4. The maximum absolute atomic E-state index is 3.51. The summed E-state index contributed by atoms with van der Waals surface area (Å²) in [5.41, 5.74) is 0. The average molecular weight is 179 g/mol. The predicted octanol–water partition coefficient (Wildman–Crippen LogP) is 2.73. The van der Waals surface area contributed by atoms with Gasteiger partial charge in [0.25, 0.3) is 0 Å². The van der Waals surface area contributed by atoms with Gasteiger partial charge in [-0.2, -0.15) is 9.33 Å². The van der Waals surface area contributed by atoms with Gasteiger partial charge in [0.1, 0.15) is 0 Å². The quantitative estimate of drug-likeness (QED) is 0.543. The first kappa shape index (κ1) is 5.45. The number of hydrogen-bond donors (Lipinski definition) is 1.